The first-order valence-corrected chi connectivity index (χ1v) is 10.9. The van der Waals surface area contributed by atoms with E-state index >= 15 is 4.39 Å². The molecule has 1 saturated heterocycles. The molecule has 1 aliphatic rings. The number of methoxy groups -OCH3 is 1. The second-order valence-electron chi connectivity index (χ2n) is 8.92. The van der Waals surface area contributed by atoms with Crippen molar-refractivity contribution >= 4 is 25.3 Å². The van der Waals surface area contributed by atoms with Gasteiger partial charge in [0.25, 0.3) is 0 Å². The van der Waals surface area contributed by atoms with Crippen LogP contribution in [-0.2, 0) is 25.4 Å². The molecular formula is C25H29BFNO6. The van der Waals surface area contributed by atoms with Crippen LogP contribution in [0.1, 0.15) is 49.2 Å². The highest BCUT2D eigenvalue weighted by atomic mass is 19.1. The van der Waals surface area contributed by atoms with Crippen LogP contribution in [0.15, 0.2) is 54.0 Å². The van der Waals surface area contributed by atoms with Crippen LogP contribution in [0.3, 0.4) is 0 Å². The highest BCUT2D eigenvalue weighted by molar-refractivity contribution is 6.56. The predicted molar refractivity (Wildman–Crippen MR) is 126 cm³/mol. The average molecular weight is 469 g/mol. The summed E-state index contributed by atoms with van der Waals surface area (Å²) in [5.74, 6) is -1.53. The molecule has 1 heterocycles. The van der Waals surface area contributed by atoms with Gasteiger partial charge in [-0.05, 0) is 44.8 Å². The van der Waals surface area contributed by atoms with Crippen molar-refractivity contribution in [2.75, 3.05) is 13.7 Å². The third-order valence-electron chi connectivity index (χ3n) is 5.98. The Bertz CT molecular complexity index is 1050. The van der Waals surface area contributed by atoms with Gasteiger partial charge in [-0.1, -0.05) is 48.5 Å². The highest BCUT2D eigenvalue weighted by Crippen LogP contribution is 2.38. The minimum atomic E-state index is -0.847. The first-order valence-electron chi connectivity index (χ1n) is 10.9. The number of hydrogen-bond donors (Lipinski definition) is 1. The largest absolute Gasteiger partial charge is 0.492 e. The Hall–Kier alpha value is -3.17. The molecule has 1 amide bonds. The molecule has 2 aromatic carbocycles. The van der Waals surface area contributed by atoms with Gasteiger partial charge in [-0.3, -0.25) is 0 Å². The number of carbonyl (C=O) groups is 2. The minimum Gasteiger partial charge on any atom is -0.465 e. The number of alkyl carbamates (subject to hydrolysis) is 1. The van der Waals surface area contributed by atoms with Crippen molar-refractivity contribution in [3.63, 3.8) is 0 Å². The third-order valence-corrected chi connectivity index (χ3v) is 5.98. The van der Waals surface area contributed by atoms with Crippen molar-refractivity contribution in [2.24, 2.45) is 0 Å². The zero-order valence-corrected chi connectivity index (χ0v) is 20.0. The molecule has 0 spiro atoms. The molecule has 2 aromatic rings. The summed E-state index contributed by atoms with van der Waals surface area (Å²) in [4.78, 5) is 24.2. The molecule has 34 heavy (non-hydrogen) atoms. The molecule has 0 aliphatic carbocycles. The zero-order chi connectivity index (χ0) is 24.9. The maximum atomic E-state index is 15.0. The molecule has 0 unspecified atom stereocenters. The zero-order valence-electron chi connectivity index (χ0n) is 20.0. The van der Waals surface area contributed by atoms with Crippen molar-refractivity contribution in [1.29, 1.82) is 0 Å². The summed E-state index contributed by atoms with van der Waals surface area (Å²) in [6.07, 6.45) is 0.858. The molecule has 0 saturated carbocycles. The monoisotopic (exact) mass is 469 g/mol. The summed E-state index contributed by atoms with van der Waals surface area (Å²) < 4.78 is 37.2. The van der Waals surface area contributed by atoms with E-state index < -0.39 is 36.2 Å². The maximum Gasteiger partial charge on any atom is 0.492 e. The lowest BCUT2D eigenvalue weighted by Gasteiger charge is -2.32. The van der Waals surface area contributed by atoms with E-state index in [0.29, 0.717) is 5.47 Å². The van der Waals surface area contributed by atoms with Gasteiger partial charge in [0, 0.05) is 12.1 Å². The lowest BCUT2D eigenvalue weighted by atomic mass is 9.77. The van der Waals surface area contributed by atoms with Crippen LogP contribution in [-0.4, -0.2) is 44.0 Å². The Balaban J connectivity index is 1.82. The Labute approximate surface area is 199 Å². The normalized spacial score (nSPS) is 16.8. The van der Waals surface area contributed by atoms with Crippen molar-refractivity contribution in [3.8, 4) is 0 Å². The SMILES string of the molecule is COC(=O)c1cccc(C=C(CNC(=O)OCc2ccccc2)B2OC(C)(C)C(C)(C)O2)c1F. The number of carbonyl (C=O) groups excluding carboxylic acids is 2. The van der Waals surface area contributed by atoms with E-state index in [1.807, 2.05) is 58.0 Å². The number of halogens is 1. The molecule has 1 fully saturated rings. The Morgan fingerprint density at radius 1 is 1.03 bits per heavy atom. The summed E-state index contributed by atoms with van der Waals surface area (Å²) in [5, 5.41) is 2.67. The summed E-state index contributed by atoms with van der Waals surface area (Å²) >= 11 is 0. The number of hydrogen-bond acceptors (Lipinski definition) is 6. The third kappa shape index (κ3) is 5.84. The van der Waals surface area contributed by atoms with Gasteiger partial charge in [0.05, 0.1) is 23.9 Å². The number of nitrogens with one attached hydrogen (secondary N) is 1. The second-order valence-corrected chi connectivity index (χ2v) is 8.92. The first-order chi connectivity index (χ1) is 16.0. The molecule has 0 aromatic heterocycles. The van der Waals surface area contributed by atoms with Crippen LogP contribution in [0.25, 0.3) is 6.08 Å². The predicted octanol–water partition coefficient (Wildman–Crippen LogP) is 4.55. The Morgan fingerprint density at radius 2 is 1.68 bits per heavy atom. The summed E-state index contributed by atoms with van der Waals surface area (Å²) in [6, 6.07) is 13.7. The molecule has 1 N–H and O–H groups in total. The van der Waals surface area contributed by atoms with Crippen molar-refractivity contribution < 1.29 is 32.8 Å². The van der Waals surface area contributed by atoms with Gasteiger partial charge in [-0.15, -0.1) is 0 Å². The lowest BCUT2D eigenvalue weighted by molar-refractivity contribution is 0.00578. The number of ether oxygens (including phenoxy) is 2. The second kappa shape index (κ2) is 10.4. The summed E-state index contributed by atoms with van der Waals surface area (Å²) in [6.45, 7) is 7.66. The number of rotatable bonds is 7. The van der Waals surface area contributed by atoms with E-state index in [0.717, 1.165) is 5.56 Å². The van der Waals surface area contributed by atoms with Gasteiger partial charge in [0.2, 0.25) is 0 Å². The maximum absolute atomic E-state index is 15.0. The Kier molecular flexibility index (Phi) is 7.79. The molecule has 0 bridgehead atoms. The average Bonchev–Trinajstić information content (AvgIpc) is 3.03. The van der Waals surface area contributed by atoms with Gasteiger partial charge in [0.15, 0.2) is 0 Å². The van der Waals surface area contributed by atoms with Gasteiger partial charge >= 0.3 is 19.2 Å². The minimum absolute atomic E-state index is 0.0215. The van der Waals surface area contributed by atoms with E-state index in [-0.39, 0.29) is 24.3 Å². The smallest absolute Gasteiger partial charge is 0.465 e. The molecule has 0 atom stereocenters. The van der Waals surface area contributed by atoms with E-state index in [1.165, 1.54) is 25.3 Å². The fraction of sp³-hybridized carbons (Fsp3) is 0.360. The van der Waals surface area contributed by atoms with Crippen LogP contribution < -0.4 is 5.32 Å². The van der Waals surface area contributed by atoms with Crippen LogP contribution in [0, 0.1) is 5.82 Å². The lowest BCUT2D eigenvalue weighted by Crippen LogP contribution is -2.41. The van der Waals surface area contributed by atoms with E-state index in [2.05, 4.69) is 10.1 Å². The van der Waals surface area contributed by atoms with Crippen LogP contribution in [0.4, 0.5) is 9.18 Å². The molecule has 7 nitrogen and oxygen atoms in total. The first kappa shape index (κ1) is 25.5. The van der Waals surface area contributed by atoms with Crippen molar-refractivity contribution in [1.82, 2.24) is 5.32 Å². The molecule has 0 radical (unpaired) electrons. The van der Waals surface area contributed by atoms with Gasteiger partial charge in [-0.2, -0.15) is 0 Å². The fourth-order valence-electron chi connectivity index (χ4n) is 3.27. The van der Waals surface area contributed by atoms with Gasteiger partial charge < -0.3 is 24.1 Å². The standard InChI is InChI=1S/C25H29BFNO6/c1-24(2)25(3,4)34-26(33-24)19(14-18-12-9-13-20(21(18)27)22(29)31-5)15-28-23(30)32-16-17-10-7-6-8-11-17/h6-14H,15-16H2,1-5H3,(H,28,30). The van der Waals surface area contributed by atoms with Gasteiger partial charge in [0.1, 0.15) is 12.4 Å². The quantitative estimate of drug-likeness (QED) is 0.473. The van der Waals surface area contributed by atoms with E-state index in [9.17, 15) is 9.59 Å². The number of esters is 1. The molecule has 180 valence electrons. The Morgan fingerprint density at radius 3 is 2.29 bits per heavy atom. The van der Waals surface area contributed by atoms with E-state index in [1.54, 1.807) is 6.07 Å². The summed E-state index contributed by atoms with van der Waals surface area (Å²) in [7, 11) is 0.339. The fourth-order valence-corrected chi connectivity index (χ4v) is 3.27. The topological polar surface area (TPSA) is 83.1 Å². The number of amides is 1. The van der Waals surface area contributed by atoms with Gasteiger partial charge in [-0.25, -0.2) is 14.0 Å². The van der Waals surface area contributed by atoms with Crippen LogP contribution >= 0.6 is 0 Å². The van der Waals surface area contributed by atoms with E-state index in [4.69, 9.17) is 14.0 Å². The summed E-state index contributed by atoms with van der Waals surface area (Å²) in [5.41, 5.74) is -0.0438. The molecular weight excluding hydrogens is 440 g/mol. The molecule has 1 aliphatic heterocycles. The number of benzene rings is 2. The van der Waals surface area contributed by atoms with Crippen molar-refractivity contribution in [2.45, 2.75) is 45.5 Å². The van der Waals surface area contributed by atoms with Crippen LogP contribution in [0.2, 0.25) is 0 Å². The van der Waals surface area contributed by atoms with Crippen LogP contribution in [0.5, 0.6) is 0 Å². The molecule has 3 rings (SSSR count). The van der Waals surface area contributed by atoms with Crippen molar-refractivity contribution in [3.05, 3.63) is 76.5 Å². The molecule has 9 heteroatoms. The highest BCUT2D eigenvalue weighted by Gasteiger charge is 2.52.